The van der Waals surface area contributed by atoms with E-state index in [1.807, 2.05) is 0 Å². The summed E-state index contributed by atoms with van der Waals surface area (Å²) in [6.07, 6.45) is 0. The minimum Gasteiger partial charge on any atom is -0.447 e. The maximum Gasteiger partial charge on any atom is 0.350 e. The highest BCUT2D eigenvalue weighted by Crippen LogP contribution is 1.95. The standard InChI is InChI=1S/C4H4NO2P/c1-3(2-5)4(6)7-8/h1,8H2. The molecule has 0 saturated heterocycles. The van der Waals surface area contributed by atoms with Gasteiger partial charge in [-0.3, -0.25) is 0 Å². The van der Waals surface area contributed by atoms with E-state index in [0.29, 0.717) is 0 Å². The van der Waals surface area contributed by atoms with Crippen molar-refractivity contribution in [1.29, 1.82) is 5.26 Å². The van der Waals surface area contributed by atoms with Gasteiger partial charge in [0.1, 0.15) is 11.6 Å². The average molecular weight is 129 g/mol. The summed E-state index contributed by atoms with van der Waals surface area (Å²) in [6, 6.07) is 1.53. The third-order valence-electron chi connectivity index (χ3n) is 0.488. The monoisotopic (exact) mass is 129 g/mol. The summed E-state index contributed by atoms with van der Waals surface area (Å²) >= 11 is 0. The fraction of sp³-hybridized carbons (Fsp3) is 0. The number of nitriles is 1. The number of nitrogens with zero attached hydrogens (tertiary/aromatic N) is 1. The van der Waals surface area contributed by atoms with Crippen LogP contribution in [-0.2, 0) is 9.32 Å². The van der Waals surface area contributed by atoms with Crippen molar-refractivity contribution in [2.75, 3.05) is 0 Å². The molecule has 1 atom stereocenters. The van der Waals surface area contributed by atoms with Crippen LogP contribution in [-0.4, -0.2) is 5.97 Å². The molecule has 1 unspecified atom stereocenters. The maximum atomic E-state index is 10.2. The van der Waals surface area contributed by atoms with Gasteiger partial charge in [-0.2, -0.15) is 5.26 Å². The Morgan fingerprint density at radius 1 is 1.88 bits per heavy atom. The van der Waals surface area contributed by atoms with Gasteiger partial charge in [-0.05, 0) is 0 Å². The Kier molecular flexibility index (Phi) is 2.83. The van der Waals surface area contributed by atoms with Crippen molar-refractivity contribution >= 4 is 15.4 Å². The van der Waals surface area contributed by atoms with Crippen LogP contribution in [0.2, 0.25) is 0 Å². The first-order valence-electron chi connectivity index (χ1n) is 1.72. The van der Waals surface area contributed by atoms with E-state index in [9.17, 15) is 4.79 Å². The van der Waals surface area contributed by atoms with Gasteiger partial charge in [0.2, 0.25) is 0 Å². The predicted molar refractivity (Wildman–Crippen MR) is 30.6 cm³/mol. The highest BCUT2D eigenvalue weighted by atomic mass is 31.0. The van der Waals surface area contributed by atoms with Gasteiger partial charge >= 0.3 is 5.97 Å². The van der Waals surface area contributed by atoms with Crippen LogP contribution in [0.15, 0.2) is 12.2 Å². The van der Waals surface area contributed by atoms with Crippen LogP contribution in [0.3, 0.4) is 0 Å². The van der Waals surface area contributed by atoms with Gasteiger partial charge in [0, 0.05) is 0 Å². The van der Waals surface area contributed by atoms with Crippen LogP contribution in [0, 0.1) is 11.3 Å². The van der Waals surface area contributed by atoms with E-state index >= 15 is 0 Å². The molecule has 0 heterocycles. The van der Waals surface area contributed by atoms with Gasteiger partial charge in [-0.15, -0.1) is 0 Å². The Labute approximate surface area is 49.2 Å². The van der Waals surface area contributed by atoms with E-state index in [0.717, 1.165) is 0 Å². The molecule has 0 aromatic rings. The normalized spacial score (nSPS) is 7.00. The van der Waals surface area contributed by atoms with Gasteiger partial charge < -0.3 is 4.52 Å². The van der Waals surface area contributed by atoms with Gasteiger partial charge in [0.05, 0.1) is 9.47 Å². The Hall–Kier alpha value is -0.870. The van der Waals surface area contributed by atoms with Crippen LogP contribution in [0.25, 0.3) is 0 Å². The summed E-state index contributed by atoms with van der Waals surface area (Å²) in [6.45, 7) is 3.09. The molecule has 0 radical (unpaired) electrons. The molecule has 3 nitrogen and oxygen atoms in total. The quantitative estimate of drug-likeness (QED) is 0.292. The van der Waals surface area contributed by atoms with Crippen molar-refractivity contribution in [2.24, 2.45) is 0 Å². The van der Waals surface area contributed by atoms with Crippen LogP contribution >= 0.6 is 9.47 Å². The fourth-order valence-corrected chi connectivity index (χ4v) is 0.259. The van der Waals surface area contributed by atoms with Gasteiger partial charge in [-0.25, -0.2) is 4.79 Å². The second-order valence-electron chi connectivity index (χ2n) is 0.996. The molecular weight excluding hydrogens is 125 g/mol. The van der Waals surface area contributed by atoms with Crippen LogP contribution in [0.1, 0.15) is 0 Å². The van der Waals surface area contributed by atoms with Crippen molar-refractivity contribution in [3.05, 3.63) is 12.2 Å². The average Bonchev–Trinajstić information content (AvgIpc) is 1.84. The smallest absolute Gasteiger partial charge is 0.350 e. The second-order valence-corrected chi connectivity index (χ2v) is 1.23. The summed E-state index contributed by atoms with van der Waals surface area (Å²) in [5, 5.41) is 7.98. The molecule has 42 valence electrons. The number of hydrogen-bond acceptors (Lipinski definition) is 3. The maximum absolute atomic E-state index is 10.2. The van der Waals surface area contributed by atoms with E-state index in [1.165, 1.54) is 6.07 Å². The van der Waals surface area contributed by atoms with E-state index < -0.39 is 5.97 Å². The van der Waals surface area contributed by atoms with Gasteiger partial charge in [-0.1, -0.05) is 6.58 Å². The summed E-state index contributed by atoms with van der Waals surface area (Å²) in [5.41, 5.74) is -0.194. The Morgan fingerprint density at radius 2 is 2.38 bits per heavy atom. The number of rotatable bonds is 1. The van der Waals surface area contributed by atoms with Crippen molar-refractivity contribution < 1.29 is 9.32 Å². The zero-order chi connectivity index (χ0) is 6.57. The molecule has 0 N–H and O–H groups in total. The van der Waals surface area contributed by atoms with E-state index in [4.69, 9.17) is 5.26 Å². The first kappa shape index (κ1) is 7.13. The molecule has 0 aliphatic heterocycles. The number of carbonyl (C=O) groups is 1. The summed E-state index contributed by atoms with van der Waals surface area (Å²) < 4.78 is 4.06. The lowest BCUT2D eigenvalue weighted by Gasteiger charge is -1.88. The lowest BCUT2D eigenvalue weighted by atomic mass is 10.4. The molecule has 0 aromatic carbocycles. The third kappa shape index (κ3) is 1.72. The molecule has 0 amide bonds. The van der Waals surface area contributed by atoms with Crippen LogP contribution < -0.4 is 0 Å². The molecule has 0 rings (SSSR count). The minimum absolute atomic E-state index is 0.194. The largest absolute Gasteiger partial charge is 0.447 e. The van der Waals surface area contributed by atoms with E-state index in [1.54, 1.807) is 9.47 Å². The zero-order valence-electron chi connectivity index (χ0n) is 4.05. The molecule has 0 aromatic heterocycles. The number of hydrogen-bond donors (Lipinski definition) is 0. The molecule has 0 aliphatic rings. The van der Waals surface area contributed by atoms with Crippen molar-refractivity contribution in [3.8, 4) is 6.07 Å². The molecule has 0 fully saturated rings. The third-order valence-corrected chi connectivity index (χ3v) is 0.702. The Bertz CT molecular complexity index is 158. The van der Waals surface area contributed by atoms with E-state index in [2.05, 4.69) is 11.1 Å². The first-order valence-corrected chi connectivity index (χ1v) is 2.19. The van der Waals surface area contributed by atoms with Crippen molar-refractivity contribution in [3.63, 3.8) is 0 Å². The molecule has 8 heavy (non-hydrogen) atoms. The number of carbonyl (C=O) groups excluding carboxylic acids is 1. The topological polar surface area (TPSA) is 50.1 Å². The molecular formula is C4H4NO2P. The first-order chi connectivity index (χ1) is 3.72. The summed E-state index contributed by atoms with van der Waals surface area (Å²) in [4.78, 5) is 10.2. The molecule has 0 aliphatic carbocycles. The molecule has 0 spiro atoms. The minimum atomic E-state index is -0.711. The molecule has 0 bridgehead atoms. The molecule has 0 saturated carbocycles. The van der Waals surface area contributed by atoms with Crippen molar-refractivity contribution in [1.82, 2.24) is 0 Å². The summed E-state index contributed by atoms with van der Waals surface area (Å²) in [7, 11) is 1.73. The van der Waals surface area contributed by atoms with Gasteiger partial charge in [0.25, 0.3) is 0 Å². The van der Waals surface area contributed by atoms with Crippen LogP contribution in [0.4, 0.5) is 0 Å². The Balaban J connectivity index is 3.89. The predicted octanol–water partition coefficient (Wildman–Crippen LogP) is 0.399. The highest BCUT2D eigenvalue weighted by Gasteiger charge is 2.02. The highest BCUT2D eigenvalue weighted by molar-refractivity contribution is 7.10. The zero-order valence-corrected chi connectivity index (χ0v) is 5.20. The lowest BCUT2D eigenvalue weighted by molar-refractivity contribution is -0.128. The fourth-order valence-electron chi connectivity index (χ4n) is 0.117. The summed E-state index contributed by atoms with van der Waals surface area (Å²) in [5.74, 6) is -0.711. The van der Waals surface area contributed by atoms with Crippen LogP contribution in [0.5, 0.6) is 0 Å². The van der Waals surface area contributed by atoms with Crippen molar-refractivity contribution in [2.45, 2.75) is 0 Å². The Morgan fingerprint density at radius 3 is 2.50 bits per heavy atom. The van der Waals surface area contributed by atoms with Gasteiger partial charge in [0.15, 0.2) is 0 Å². The second kappa shape index (κ2) is 3.17. The molecule has 4 heteroatoms. The van der Waals surface area contributed by atoms with E-state index in [-0.39, 0.29) is 5.57 Å². The SMILES string of the molecule is C=C(C#N)C(=O)OP. The lowest BCUT2D eigenvalue weighted by Crippen LogP contribution is -1.96.